The fourth-order valence-electron chi connectivity index (χ4n) is 4.67. The van der Waals surface area contributed by atoms with Gasteiger partial charge in [-0.1, -0.05) is 38.1 Å². The van der Waals surface area contributed by atoms with E-state index in [0.717, 1.165) is 22.4 Å². The molecule has 3 N–H and O–H groups in total. The van der Waals surface area contributed by atoms with E-state index in [1.807, 2.05) is 36.4 Å². The van der Waals surface area contributed by atoms with Gasteiger partial charge in [0.05, 0.1) is 28.2 Å². The standard InChI is InChI=1S/C26H33N5O5S/c1-16(2)24-27-21-7-5-6-8-23(21)31(24)13-18-9-11-19(12-10-18)25(32)28-22-15-30(37(35,36)17(3)4)14-20(22)26(33)29-34/h5-12,16-17,20,22,34H,13-15H2,1-4H3,(H,28,32)(H,29,33)/t20-,22+/m0/s1. The lowest BCUT2D eigenvalue weighted by atomic mass is 10.0. The molecule has 198 valence electrons. The number of nitrogens with one attached hydrogen (secondary N) is 2. The Balaban J connectivity index is 1.50. The number of aromatic nitrogens is 2. The number of hydroxylamine groups is 1. The van der Waals surface area contributed by atoms with E-state index in [4.69, 9.17) is 10.2 Å². The summed E-state index contributed by atoms with van der Waals surface area (Å²) in [6.45, 7) is 7.75. The normalized spacial score (nSPS) is 18.6. The quantitative estimate of drug-likeness (QED) is 0.304. The van der Waals surface area contributed by atoms with Gasteiger partial charge in [0.25, 0.3) is 5.91 Å². The zero-order valence-corrected chi connectivity index (χ0v) is 22.2. The molecule has 3 aromatic rings. The minimum Gasteiger partial charge on any atom is -0.347 e. The number of hydrogen-bond donors (Lipinski definition) is 3. The van der Waals surface area contributed by atoms with Crippen LogP contribution in [0.25, 0.3) is 11.0 Å². The predicted molar refractivity (Wildman–Crippen MR) is 140 cm³/mol. The van der Waals surface area contributed by atoms with Crippen molar-refractivity contribution in [3.63, 3.8) is 0 Å². The Kier molecular flexibility index (Phi) is 7.67. The third-order valence-corrected chi connectivity index (χ3v) is 8.97. The molecule has 1 aromatic heterocycles. The van der Waals surface area contributed by atoms with E-state index < -0.39 is 39.0 Å². The molecule has 1 fully saturated rings. The summed E-state index contributed by atoms with van der Waals surface area (Å²) in [6.07, 6.45) is 0. The molecule has 0 aliphatic carbocycles. The minimum absolute atomic E-state index is 0.0475. The number of imidazole rings is 1. The van der Waals surface area contributed by atoms with Crippen LogP contribution in [0.2, 0.25) is 0 Å². The first-order chi connectivity index (χ1) is 17.5. The van der Waals surface area contributed by atoms with E-state index in [1.54, 1.807) is 31.5 Å². The molecule has 0 spiro atoms. The first-order valence-electron chi connectivity index (χ1n) is 12.3. The monoisotopic (exact) mass is 527 g/mol. The molecular formula is C26H33N5O5S. The van der Waals surface area contributed by atoms with Crippen molar-refractivity contribution in [3.05, 3.63) is 65.5 Å². The van der Waals surface area contributed by atoms with E-state index in [1.165, 1.54) is 4.31 Å². The van der Waals surface area contributed by atoms with Gasteiger partial charge in [-0.25, -0.2) is 18.9 Å². The lowest BCUT2D eigenvalue weighted by Crippen LogP contribution is -2.45. The molecule has 2 amide bonds. The molecule has 1 saturated heterocycles. The molecule has 37 heavy (non-hydrogen) atoms. The van der Waals surface area contributed by atoms with Gasteiger partial charge in [-0.15, -0.1) is 0 Å². The van der Waals surface area contributed by atoms with E-state index in [9.17, 15) is 18.0 Å². The predicted octanol–water partition coefficient (Wildman–Crippen LogP) is 2.48. The first kappa shape index (κ1) is 26.8. The Bertz CT molecular complexity index is 1400. The van der Waals surface area contributed by atoms with Gasteiger partial charge in [0.1, 0.15) is 5.82 Å². The average molecular weight is 528 g/mol. The van der Waals surface area contributed by atoms with Crippen molar-refractivity contribution < 1.29 is 23.2 Å². The van der Waals surface area contributed by atoms with E-state index >= 15 is 0 Å². The first-order valence-corrected chi connectivity index (χ1v) is 13.8. The van der Waals surface area contributed by atoms with Crippen LogP contribution in [0.1, 0.15) is 55.4 Å². The van der Waals surface area contributed by atoms with Gasteiger partial charge in [0, 0.05) is 31.1 Å². The number of para-hydroxylation sites is 2. The Hall–Kier alpha value is -3.28. The van der Waals surface area contributed by atoms with Gasteiger partial charge < -0.3 is 9.88 Å². The lowest BCUT2D eigenvalue weighted by Gasteiger charge is -2.19. The molecule has 10 nitrogen and oxygen atoms in total. The van der Waals surface area contributed by atoms with Gasteiger partial charge in [-0.3, -0.25) is 14.8 Å². The lowest BCUT2D eigenvalue weighted by molar-refractivity contribution is -0.133. The third kappa shape index (κ3) is 5.39. The second-order valence-corrected chi connectivity index (χ2v) is 12.5. The van der Waals surface area contributed by atoms with Crippen LogP contribution >= 0.6 is 0 Å². The van der Waals surface area contributed by atoms with Crippen LogP contribution in [0, 0.1) is 5.92 Å². The van der Waals surface area contributed by atoms with Crippen molar-refractivity contribution in [2.75, 3.05) is 13.1 Å². The highest BCUT2D eigenvalue weighted by Crippen LogP contribution is 2.25. The Labute approximate surface area is 216 Å². The molecule has 0 radical (unpaired) electrons. The maximum absolute atomic E-state index is 13.0. The average Bonchev–Trinajstić information content (AvgIpc) is 3.46. The fourth-order valence-corrected chi connectivity index (χ4v) is 6.00. The number of benzene rings is 2. The Morgan fingerprint density at radius 3 is 2.35 bits per heavy atom. The zero-order chi connectivity index (χ0) is 26.9. The Morgan fingerprint density at radius 2 is 1.73 bits per heavy atom. The summed E-state index contributed by atoms with van der Waals surface area (Å²) in [5, 5.41) is 11.2. The molecule has 11 heteroatoms. The number of sulfonamides is 1. The van der Waals surface area contributed by atoms with Gasteiger partial charge in [-0.05, 0) is 43.7 Å². The maximum atomic E-state index is 13.0. The highest BCUT2D eigenvalue weighted by atomic mass is 32.2. The highest BCUT2D eigenvalue weighted by Gasteiger charge is 2.43. The number of hydrogen-bond acceptors (Lipinski definition) is 6. The molecule has 0 saturated carbocycles. The fraction of sp³-hybridized carbons (Fsp3) is 0.423. The van der Waals surface area contributed by atoms with E-state index in [0.29, 0.717) is 12.1 Å². The van der Waals surface area contributed by atoms with Gasteiger partial charge in [-0.2, -0.15) is 4.31 Å². The van der Waals surface area contributed by atoms with Crippen molar-refractivity contribution in [2.24, 2.45) is 5.92 Å². The van der Waals surface area contributed by atoms with Crippen molar-refractivity contribution in [2.45, 2.75) is 51.4 Å². The number of carbonyl (C=O) groups is 2. The van der Waals surface area contributed by atoms with Crippen LogP contribution in [0.3, 0.4) is 0 Å². The summed E-state index contributed by atoms with van der Waals surface area (Å²) in [5.41, 5.74) is 4.95. The number of carbonyl (C=O) groups excluding carboxylic acids is 2. The molecule has 2 aromatic carbocycles. The molecule has 0 unspecified atom stereocenters. The summed E-state index contributed by atoms with van der Waals surface area (Å²) >= 11 is 0. The van der Waals surface area contributed by atoms with Crippen LogP contribution < -0.4 is 10.8 Å². The topological polar surface area (TPSA) is 134 Å². The number of rotatable bonds is 8. The second kappa shape index (κ2) is 10.6. The number of fused-ring (bicyclic) bond motifs is 1. The number of nitrogens with zero attached hydrogens (tertiary/aromatic N) is 3. The molecule has 2 heterocycles. The van der Waals surface area contributed by atoms with Crippen LogP contribution in [0.4, 0.5) is 0 Å². The largest absolute Gasteiger partial charge is 0.347 e. The highest BCUT2D eigenvalue weighted by molar-refractivity contribution is 7.89. The van der Waals surface area contributed by atoms with Gasteiger partial charge in [0.15, 0.2) is 0 Å². The summed E-state index contributed by atoms with van der Waals surface area (Å²) in [6, 6.07) is 14.4. The van der Waals surface area contributed by atoms with E-state index in [-0.39, 0.29) is 19.0 Å². The summed E-state index contributed by atoms with van der Waals surface area (Å²) in [7, 11) is -3.63. The minimum atomic E-state index is -3.63. The summed E-state index contributed by atoms with van der Waals surface area (Å²) in [4.78, 5) is 30.0. The smallest absolute Gasteiger partial charge is 0.251 e. The maximum Gasteiger partial charge on any atom is 0.251 e. The summed E-state index contributed by atoms with van der Waals surface area (Å²) in [5.74, 6) is -0.848. The van der Waals surface area contributed by atoms with Crippen molar-refractivity contribution >= 4 is 32.9 Å². The summed E-state index contributed by atoms with van der Waals surface area (Å²) < 4.78 is 28.6. The van der Waals surface area contributed by atoms with Crippen molar-refractivity contribution in [3.8, 4) is 0 Å². The van der Waals surface area contributed by atoms with Crippen LogP contribution in [-0.4, -0.2) is 63.7 Å². The van der Waals surface area contributed by atoms with Crippen LogP contribution in [-0.2, 0) is 21.4 Å². The van der Waals surface area contributed by atoms with Crippen molar-refractivity contribution in [1.82, 2.24) is 24.7 Å². The second-order valence-electron chi connectivity index (χ2n) is 9.97. The molecular weight excluding hydrogens is 494 g/mol. The third-order valence-electron chi connectivity index (χ3n) is 6.76. The Morgan fingerprint density at radius 1 is 1.05 bits per heavy atom. The molecule has 2 atom stereocenters. The van der Waals surface area contributed by atoms with Gasteiger partial charge >= 0.3 is 0 Å². The molecule has 1 aliphatic rings. The van der Waals surface area contributed by atoms with Crippen LogP contribution in [0.15, 0.2) is 48.5 Å². The number of amides is 2. The van der Waals surface area contributed by atoms with Gasteiger partial charge in [0.2, 0.25) is 15.9 Å². The van der Waals surface area contributed by atoms with Crippen molar-refractivity contribution in [1.29, 1.82) is 0 Å². The molecule has 0 bridgehead atoms. The molecule has 4 rings (SSSR count). The zero-order valence-electron chi connectivity index (χ0n) is 21.4. The SMILES string of the molecule is CC(C)c1nc2ccccc2n1Cc1ccc(C(=O)N[C@@H]2CN(S(=O)(=O)C(C)C)C[C@@H]2C(=O)NO)cc1. The van der Waals surface area contributed by atoms with Crippen LogP contribution in [0.5, 0.6) is 0 Å². The van der Waals surface area contributed by atoms with E-state index in [2.05, 4.69) is 23.7 Å². The molecule has 1 aliphatic heterocycles.